The van der Waals surface area contributed by atoms with Crippen molar-refractivity contribution in [3.63, 3.8) is 0 Å². The third-order valence-electron chi connectivity index (χ3n) is 6.15. The molecule has 0 fully saturated rings. The van der Waals surface area contributed by atoms with Crippen LogP contribution in [0.1, 0.15) is 52.3 Å². The standard InChI is InChI=1S/C30H29F3N2O2S/c1-4-8-27-21(3)38-29(34-27)35(19-22-11-14-24(15-12-22)30(31,32)33)17-7-18-37-28-25(20(2)36)16-13-23-9-5-6-10-26(23)28/h4-6,8-16H,7,17-19H2,1-3H3/b8-4-. The monoisotopic (exact) mass is 538 g/mol. The highest BCUT2D eigenvalue weighted by Gasteiger charge is 2.30. The number of halogens is 3. The molecule has 198 valence electrons. The van der Waals surface area contributed by atoms with Crippen molar-refractivity contribution in [2.75, 3.05) is 18.1 Å². The molecule has 0 bridgehead atoms. The molecule has 0 unspecified atom stereocenters. The number of Topliss-reactive ketones (excluding diaryl/α,β-unsaturated/α-hetero) is 1. The van der Waals surface area contributed by atoms with Crippen LogP contribution in [0.25, 0.3) is 16.8 Å². The molecule has 1 heterocycles. The fraction of sp³-hybridized carbons (Fsp3) is 0.267. The Morgan fingerprint density at radius 3 is 2.50 bits per heavy atom. The lowest BCUT2D eigenvalue weighted by Gasteiger charge is -2.23. The van der Waals surface area contributed by atoms with E-state index in [1.807, 2.05) is 56.3 Å². The number of nitrogens with zero attached hydrogens (tertiary/aromatic N) is 2. The largest absolute Gasteiger partial charge is 0.492 e. The third kappa shape index (κ3) is 6.42. The van der Waals surface area contributed by atoms with Gasteiger partial charge < -0.3 is 9.64 Å². The number of ketones is 1. The molecule has 0 amide bonds. The van der Waals surface area contributed by atoms with Gasteiger partial charge >= 0.3 is 6.18 Å². The van der Waals surface area contributed by atoms with Gasteiger partial charge in [0.05, 0.1) is 23.4 Å². The van der Waals surface area contributed by atoms with Crippen LogP contribution < -0.4 is 9.64 Å². The molecule has 0 radical (unpaired) electrons. The first-order valence-corrected chi connectivity index (χ1v) is 13.2. The van der Waals surface area contributed by atoms with Crippen molar-refractivity contribution in [1.82, 2.24) is 4.98 Å². The Kier molecular flexibility index (Phi) is 8.52. The number of fused-ring (bicyclic) bond motifs is 1. The molecule has 0 aliphatic carbocycles. The van der Waals surface area contributed by atoms with E-state index in [-0.39, 0.29) is 5.78 Å². The number of hydrogen-bond acceptors (Lipinski definition) is 5. The number of carbonyl (C=O) groups excluding carboxylic acids is 1. The highest BCUT2D eigenvalue weighted by atomic mass is 32.1. The Hall–Kier alpha value is -3.65. The van der Waals surface area contributed by atoms with Gasteiger partial charge in [0.15, 0.2) is 10.9 Å². The van der Waals surface area contributed by atoms with Crippen molar-refractivity contribution < 1.29 is 22.7 Å². The van der Waals surface area contributed by atoms with Crippen molar-refractivity contribution in [3.05, 3.63) is 94.0 Å². The number of carbonyl (C=O) groups is 1. The molecule has 4 nitrogen and oxygen atoms in total. The quantitative estimate of drug-likeness (QED) is 0.150. The Bertz CT molecular complexity index is 1440. The molecule has 0 spiro atoms. The molecule has 0 N–H and O–H groups in total. The Morgan fingerprint density at radius 2 is 1.82 bits per heavy atom. The molecule has 8 heteroatoms. The fourth-order valence-corrected chi connectivity index (χ4v) is 5.13. The van der Waals surface area contributed by atoms with Crippen molar-refractivity contribution in [1.29, 1.82) is 0 Å². The Labute approximate surface area is 224 Å². The maximum Gasteiger partial charge on any atom is 0.416 e. The molecular weight excluding hydrogens is 509 g/mol. The molecule has 0 aliphatic heterocycles. The first-order valence-electron chi connectivity index (χ1n) is 12.3. The number of allylic oxidation sites excluding steroid dienone is 1. The normalized spacial score (nSPS) is 11.8. The van der Waals surface area contributed by atoms with Gasteiger partial charge in [-0.25, -0.2) is 4.98 Å². The summed E-state index contributed by atoms with van der Waals surface area (Å²) in [6.07, 6.45) is 0.123. The number of aromatic nitrogens is 1. The van der Waals surface area contributed by atoms with E-state index in [2.05, 4.69) is 4.90 Å². The fourth-order valence-electron chi connectivity index (χ4n) is 4.21. The van der Waals surface area contributed by atoms with Crippen LogP contribution in [0.2, 0.25) is 0 Å². The van der Waals surface area contributed by atoms with Gasteiger partial charge in [0.2, 0.25) is 0 Å². The zero-order chi connectivity index (χ0) is 27.3. The van der Waals surface area contributed by atoms with Crippen molar-refractivity contribution in [2.45, 2.75) is 39.9 Å². The Balaban J connectivity index is 1.52. The second-order valence-corrected chi connectivity index (χ2v) is 10.2. The van der Waals surface area contributed by atoms with Crippen LogP contribution in [0, 0.1) is 6.92 Å². The Morgan fingerprint density at radius 1 is 1.08 bits per heavy atom. The molecular formula is C30H29F3N2O2S. The third-order valence-corrected chi connectivity index (χ3v) is 7.20. The highest BCUT2D eigenvalue weighted by molar-refractivity contribution is 7.15. The summed E-state index contributed by atoms with van der Waals surface area (Å²) in [5.74, 6) is 0.509. The molecule has 38 heavy (non-hydrogen) atoms. The molecule has 4 aromatic rings. The van der Waals surface area contributed by atoms with E-state index in [0.29, 0.717) is 37.4 Å². The number of aryl methyl sites for hydroxylation is 1. The van der Waals surface area contributed by atoms with Crippen LogP contribution in [0.4, 0.5) is 18.3 Å². The molecule has 0 aliphatic rings. The summed E-state index contributed by atoms with van der Waals surface area (Å²) in [6, 6.07) is 16.7. The first-order chi connectivity index (χ1) is 18.2. The summed E-state index contributed by atoms with van der Waals surface area (Å²) in [7, 11) is 0. The molecule has 4 rings (SSSR count). The van der Waals surface area contributed by atoms with Gasteiger partial charge in [0.25, 0.3) is 0 Å². The topological polar surface area (TPSA) is 42.4 Å². The van der Waals surface area contributed by atoms with Gasteiger partial charge in [-0.2, -0.15) is 13.2 Å². The van der Waals surface area contributed by atoms with Crippen LogP contribution in [-0.4, -0.2) is 23.9 Å². The first kappa shape index (κ1) is 27.4. The molecule has 0 saturated heterocycles. The number of hydrogen-bond donors (Lipinski definition) is 0. The second kappa shape index (κ2) is 11.8. The predicted octanol–water partition coefficient (Wildman–Crippen LogP) is 8.33. The number of benzene rings is 3. The summed E-state index contributed by atoms with van der Waals surface area (Å²) in [5, 5.41) is 2.67. The van der Waals surface area contributed by atoms with E-state index in [0.717, 1.165) is 44.2 Å². The minimum atomic E-state index is -4.37. The summed E-state index contributed by atoms with van der Waals surface area (Å²) >= 11 is 1.55. The lowest BCUT2D eigenvalue weighted by Crippen LogP contribution is -2.25. The van der Waals surface area contributed by atoms with E-state index < -0.39 is 11.7 Å². The average molecular weight is 539 g/mol. The van der Waals surface area contributed by atoms with Gasteiger partial charge in [-0.05, 0) is 62.4 Å². The van der Waals surface area contributed by atoms with Gasteiger partial charge in [-0.15, -0.1) is 11.3 Å². The van der Waals surface area contributed by atoms with Crippen LogP contribution in [0.5, 0.6) is 5.75 Å². The number of anilines is 1. The molecule has 0 saturated carbocycles. The zero-order valence-electron chi connectivity index (χ0n) is 21.5. The maximum absolute atomic E-state index is 13.0. The van der Waals surface area contributed by atoms with E-state index in [9.17, 15) is 18.0 Å². The van der Waals surface area contributed by atoms with Crippen LogP contribution >= 0.6 is 11.3 Å². The van der Waals surface area contributed by atoms with Crippen LogP contribution in [0.15, 0.2) is 66.7 Å². The van der Waals surface area contributed by atoms with Gasteiger partial charge in [0, 0.05) is 23.4 Å². The SMILES string of the molecule is C/C=C\c1nc(N(CCCOc2c(C(C)=O)ccc3ccccc23)Cc2ccc(C(F)(F)F)cc2)sc1C. The molecule has 3 aromatic carbocycles. The van der Waals surface area contributed by atoms with Crippen molar-refractivity contribution >= 4 is 39.1 Å². The smallest absolute Gasteiger partial charge is 0.416 e. The second-order valence-electron chi connectivity index (χ2n) is 8.98. The minimum absolute atomic E-state index is 0.0653. The lowest BCUT2D eigenvalue weighted by molar-refractivity contribution is -0.137. The summed E-state index contributed by atoms with van der Waals surface area (Å²) in [5.41, 5.74) is 1.50. The molecule has 0 atom stereocenters. The van der Waals surface area contributed by atoms with E-state index >= 15 is 0 Å². The van der Waals surface area contributed by atoms with Crippen LogP contribution in [-0.2, 0) is 12.7 Å². The van der Waals surface area contributed by atoms with E-state index in [1.165, 1.54) is 19.1 Å². The lowest BCUT2D eigenvalue weighted by atomic mass is 10.0. The van der Waals surface area contributed by atoms with Crippen molar-refractivity contribution in [3.8, 4) is 5.75 Å². The number of rotatable bonds is 10. The summed E-state index contributed by atoms with van der Waals surface area (Å²) in [4.78, 5) is 20.1. The number of ether oxygens (including phenoxy) is 1. The summed E-state index contributed by atoms with van der Waals surface area (Å²) in [6.45, 7) is 6.80. The van der Waals surface area contributed by atoms with Gasteiger partial charge in [-0.3, -0.25) is 4.79 Å². The number of alkyl halides is 3. The van der Waals surface area contributed by atoms with E-state index in [4.69, 9.17) is 9.72 Å². The predicted molar refractivity (Wildman–Crippen MR) is 148 cm³/mol. The van der Waals surface area contributed by atoms with Crippen LogP contribution in [0.3, 0.4) is 0 Å². The van der Waals surface area contributed by atoms with Crippen molar-refractivity contribution in [2.24, 2.45) is 0 Å². The van der Waals surface area contributed by atoms with E-state index in [1.54, 1.807) is 17.4 Å². The molecule has 1 aromatic heterocycles. The van der Waals surface area contributed by atoms with Gasteiger partial charge in [0.1, 0.15) is 5.75 Å². The highest BCUT2D eigenvalue weighted by Crippen LogP contribution is 2.32. The maximum atomic E-state index is 13.0. The zero-order valence-corrected chi connectivity index (χ0v) is 22.3. The number of thiazole rings is 1. The average Bonchev–Trinajstić information content (AvgIpc) is 3.25. The minimum Gasteiger partial charge on any atom is -0.492 e. The van der Waals surface area contributed by atoms with Gasteiger partial charge in [-0.1, -0.05) is 48.5 Å². The summed E-state index contributed by atoms with van der Waals surface area (Å²) < 4.78 is 45.3.